The van der Waals surface area contributed by atoms with Crippen LogP contribution in [0.2, 0.25) is 0 Å². The first kappa shape index (κ1) is 13.7. The van der Waals surface area contributed by atoms with Gasteiger partial charge in [0.25, 0.3) is 0 Å². The standard InChI is InChI=1S/C18H26N2/c1-12-8-9-17-16(14(3)20-18(17)13(12)2)10-11-19-15-6-4-5-7-15/h8-9,15,19-20H,4-7,10-11H2,1-3H3. The summed E-state index contributed by atoms with van der Waals surface area (Å²) in [5.74, 6) is 0. The molecule has 0 aliphatic heterocycles. The lowest BCUT2D eigenvalue weighted by Crippen LogP contribution is -2.28. The second kappa shape index (κ2) is 5.61. The number of fused-ring (bicyclic) bond motifs is 1. The zero-order valence-corrected chi connectivity index (χ0v) is 13.0. The molecule has 0 atom stereocenters. The Morgan fingerprint density at radius 3 is 2.65 bits per heavy atom. The first-order chi connectivity index (χ1) is 9.66. The molecule has 2 heteroatoms. The number of H-pyrrole nitrogens is 1. The highest BCUT2D eigenvalue weighted by Crippen LogP contribution is 2.27. The van der Waals surface area contributed by atoms with Crippen molar-refractivity contribution >= 4 is 10.9 Å². The quantitative estimate of drug-likeness (QED) is 0.857. The largest absolute Gasteiger partial charge is 0.358 e. The van der Waals surface area contributed by atoms with Gasteiger partial charge in [-0.05, 0) is 63.3 Å². The van der Waals surface area contributed by atoms with E-state index in [2.05, 4.69) is 43.2 Å². The van der Waals surface area contributed by atoms with Crippen LogP contribution in [0, 0.1) is 20.8 Å². The van der Waals surface area contributed by atoms with Crippen LogP contribution < -0.4 is 5.32 Å². The highest BCUT2D eigenvalue weighted by Gasteiger charge is 2.15. The fraction of sp³-hybridized carbons (Fsp3) is 0.556. The first-order valence-corrected chi connectivity index (χ1v) is 7.97. The van der Waals surface area contributed by atoms with Gasteiger partial charge >= 0.3 is 0 Å². The third-order valence-electron chi connectivity index (χ3n) is 4.99. The summed E-state index contributed by atoms with van der Waals surface area (Å²) in [5, 5.41) is 5.14. The average Bonchev–Trinajstić information content (AvgIpc) is 3.04. The van der Waals surface area contributed by atoms with E-state index in [1.807, 2.05) is 0 Å². The topological polar surface area (TPSA) is 27.8 Å². The number of benzene rings is 1. The number of hydrogen-bond donors (Lipinski definition) is 2. The molecule has 0 unspecified atom stereocenters. The van der Waals surface area contributed by atoms with Crippen molar-refractivity contribution in [3.05, 3.63) is 34.5 Å². The van der Waals surface area contributed by atoms with Gasteiger partial charge < -0.3 is 10.3 Å². The maximum absolute atomic E-state index is 3.72. The smallest absolute Gasteiger partial charge is 0.0491 e. The third-order valence-corrected chi connectivity index (χ3v) is 4.99. The molecule has 0 radical (unpaired) electrons. The molecule has 1 fully saturated rings. The van der Waals surface area contributed by atoms with E-state index >= 15 is 0 Å². The highest BCUT2D eigenvalue weighted by molar-refractivity contribution is 5.88. The monoisotopic (exact) mass is 270 g/mol. The number of aromatic amines is 1. The summed E-state index contributed by atoms with van der Waals surface area (Å²) in [4.78, 5) is 3.59. The third kappa shape index (κ3) is 2.49. The van der Waals surface area contributed by atoms with Gasteiger partial charge in [-0.2, -0.15) is 0 Å². The summed E-state index contributed by atoms with van der Waals surface area (Å²) in [6.07, 6.45) is 6.67. The minimum atomic E-state index is 0.768. The number of aromatic nitrogens is 1. The van der Waals surface area contributed by atoms with Crippen LogP contribution in [0.5, 0.6) is 0 Å². The normalized spacial score (nSPS) is 16.4. The number of aryl methyl sites for hydroxylation is 3. The van der Waals surface area contributed by atoms with Gasteiger partial charge in [-0.15, -0.1) is 0 Å². The highest BCUT2D eigenvalue weighted by atomic mass is 14.9. The van der Waals surface area contributed by atoms with Crippen molar-refractivity contribution in [2.24, 2.45) is 0 Å². The Hall–Kier alpha value is -1.28. The molecule has 1 aromatic carbocycles. The minimum absolute atomic E-state index is 0.768. The van der Waals surface area contributed by atoms with Crippen LogP contribution in [-0.4, -0.2) is 17.6 Å². The SMILES string of the molecule is Cc1ccc2c(CCNC3CCCC3)c(C)[nH]c2c1C. The van der Waals surface area contributed by atoms with E-state index < -0.39 is 0 Å². The number of rotatable bonds is 4. The molecule has 2 aromatic rings. The summed E-state index contributed by atoms with van der Waals surface area (Å²) in [5.41, 5.74) is 6.92. The molecule has 1 heterocycles. The Bertz CT molecular complexity index is 603. The summed E-state index contributed by atoms with van der Waals surface area (Å²) < 4.78 is 0. The van der Waals surface area contributed by atoms with E-state index in [-0.39, 0.29) is 0 Å². The predicted molar refractivity (Wildman–Crippen MR) is 86.5 cm³/mol. The molecule has 0 amide bonds. The summed E-state index contributed by atoms with van der Waals surface area (Å²) in [7, 11) is 0. The molecule has 0 saturated heterocycles. The fourth-order valence-electron chi connectivity index (χ4n) is 3.55. The number of hydrogen-bond acceptors (Lipinski definition) is 1. The Labute approximate surface area is 122 Å². The summed E-state index contributed by atoms with van der Waals surface area (Å²) in [6.45, 7) is 7.71. The van der Waals surface area contributed by atoms with Crippen LogP contribution >= 0.6 is 0 Å². The molecule has 1 aromatic heterocycles. The van der Waals surface area contributed by atoms with Crippen LogP contribution in [0.3, 0.4) is 0 Å². The number of nitrogens with one attached hydrogen (secondary N) is 2. The lowest BCUT2D eigenvalue weighted by Gasteiger charge is -2.11. The van der Waals surface area contributed by atoms with Crippen molar-refractivity contribution in [2.75, 3.05) is 6.54 Å². The van der Waals surface area contributed by atoms with Crippen LogP contribution in [0.1, 0.15) is 48.1 Å². The molecule has 20 heavy (non-hydrogen) atoms. The molecule has 1 aliphatic carbocycles. The second-order valence-corrected chi connectivity index (χ2v) is 6.34. The zero-order valence-electron chi connectivity index (χ0n) is 13.0. The predicted octanol–water partition coefficient (Wildman–Crippen LogP) is 4.17. The average molecular weight is 270 g/mol. The first-order valence-electron chi connectivity index (χ1n) is 7.97. The Morgan fingerprint density at radius 2 is 1.90 bits per heavy atom. The van der Waals surface area contributed by atoms with Gasteiger partial charge in [0.05, 0.1) is 0 Å². The molecule has 1 aliphatic rings. The van der Waals surface area contributed by atoms with E-state index in [1.54, 1.807) is 0 Å². The van der Waals surface area contributed by atoms with Crippen molar-refractivity contribution in [2.45, 2.75) is 58.9 Å². The van der Waals surface area contributed by atoms with Crippen molar-refractivity contribution in [1.82, 2.24) is 10.3 Å². The fourth-order valence-corrected chi connectivity index (χ4v) is 3.55. The zero-order chi connectivity index (χ0) is 14.1. The van der Waals surface area contributed by atoms with Gasteiger partial charge in [-0.1, -0.05) is 25.0 Å². The molecule has 0 spiro atoms. The Kier molecular flexibility index (Phi) is 3.84. The van der Waals surface area contributed by atoms with Gasteiger partial charge in [0.1, 0.15) is 0 Å². The molecule has 3 rings (SSSR count). The molecule has 108 valence electrons. The Morgan fingerprint density at radius 1 is 1.15 bits per heavy atom. The van der Waals surface area contributed by atoms with Crippen LogP contribution in [-0.2, 0) is 6.42 Å². The van der Waals surface area contributed by atoms with Crippen molar-refractivity contribution in [3.8, 4) is 0 Å². The second-order valence-electron chi connectivity index (χ2n) is 6.34. The van der Waals surface area contributed by atoms with Crippen LogP contribution in [0.15, 0.2) is 12.1 Å². The van der Waals surface area contributed by atoms with Crippen LogP contribution in [0.25, 0.3) is 10.9 Å². The maximum atomic E-state index is 3.72. The van der Waals surface area contributed by atoms with E-state index in [0.29, 0.717) is 0 Å². The Balaban J connectivity index is 1.77. The van der Waals surface area contributed by atoms with E-state index in [4.69, 9.17) is 0 Å². The van der Waals surface area contributed by atoms with Crippen molar-refractivity contribution < 1.29 is 0 Å². The summed E-state index contributed by atoms with van der Waals surface area (Å²) >= 11 is 0. The van der Waals surface area contributed by atoms with Gasteiger partial charge in [0.15, 0.2) is 0 Å². The molecule has 2 N–H and O–H groups in total. The van der Waals surface area contributed by atoms with Gasteiger partial charge in [0.2, 0.25) is 0 Å². The molecule has 1 saturated carbocycles. The van der Waals surface area contributed by atoms with Gasteiger partial charge in [-0.3, -0.25) is 0 Å². The van der Waals surface area contributed by atoms with Crippen molar-refractivity contribution in [1.29, 1.82) is 0 Å². The van der Waals surface area contributed by atoms with Crippen LogP contribution in [0.4, 0.5) is 0 Å². The summed E-state index contributed by atoms with van der Waals surface area (Å²) in [6, 6.07) is 5.30. The van der Waals surface area contributed by atoms with Gasteiger partial charge in [-0.25, -0.2) is 0 Å². The van der Waals surface area contributed by atoms with E-state index in [9.17, 15) is 0 Å². The molecular formula is C18H26N2. The van der Waals surface area contributed by atoms with E-state index in [0.717, 1.165) is 19.0 Å². The van der Waals surface area contributed by atoms with Crippen molar-refractivity contribution in [3.63, 3.8) is 0 Å². The minimum Gasteiger partial charge on any atom is -0.358 e. The maximum Gasteiger partial charge on any atom is 0.0491 e. The van der Waals surface area contributed by atoms with E-state index in [1.165, 1.54) is 59.0 Å². The lowest BCUT2D eigenvalue weighted by molar-refractivity contribution is 0.528. The molecule has 0 bridgehead atoms. The molecule has 2 nitrogen and oxygen atoms in total. The lowest BCUT2D eigenvalue weighted by atomic mass is 10.0. The molecular weight excluding hydrogens is 244 g/mol. The van der Waals surface area contributed by atoms with Gasteiger partial charge in [0, 0.05) is 22.6 Å².